The van der Waals surface area contributed by atoms with Gasteiger partial charge in [-0.2, -0.15) is 10.2 Å². The first-order valence-corrected chi connectivity index (χ1v) is 8.77. The Morgan fingerprint density at radius 2 is 0.950 bits per heavy atom. The van der Waals surface area contributed by atoms with Gasteiger partial charge in [0.25, 0.3) is 0 Å². The topological polar surface area (TPSA) is 24.7 Å². The van der Waals surface area contributed by atoms with Gasteiger partial charge >= 0.3 is 0 Å². The Hall–Kier alpha value is -1.00. The molecule has 20 heavy (non-hydrogen) atoms. The predicted molar refractivity (Wildman–Crippen MR) is 92.1 cm³/mol. The first-order chi connectivity index (χ1) is 9.81. The average molecular weight is 396 g/mol. The Morgan fingerprint density at radius 3 is 1.25 bits per heavy atom. The highest BCUT2D eigenvalue weighted by molar-refractivity contribution is 9.09. The number of azo groups is 1. The van der Waals surface area contributed by atoms with Crippen molar-refractivity contribution in [3.8, 4) is 0 Å². The monoisotopic (exact) mass is 394 g/mol. The Balaban J connectivity index is 2.01. The molecule has 2 rings (SSSR count). The van der Waals surface area contributed by atoms with E-state index in [1.165, 1.54) is 11.1 Å². The van der Waals surface area contributed by atoms with Gasteiger partial charge in [-0.15, -0.1) is 0 Å². The molecule has 0 heterocycles. The van der Waals surface area contributed by atoms with Crippen LogP contribution in [-0.4, -0.2) is 10.7 Å². The van der Waals surface area contributed by atoms with E-state index < -0.39 is 0 Å². The fourth-order valence-electron chi connectivity index (χ4n) is 1.79. The summed E-state index contributed by atoms with van der Waals surface area (Å²) in [7, 11) is 0. The minimum Gasteiger partial charge on any atom is -0.151 e. The van der Waals surface area contributed by atoms with E-state index in [1.54, 1.807) is 0 Å². The van der Waals surface area contributed by atoms with Crippen molar-refractivity contribution >= 4 is 43.2 Å². The fourth-order valence-corrected chi connectivity index (χ4v) is 2.71. The number of halogens is 2. The van der Waals surface area contributed by atoms with Gasteiger partial charge in [0.05, 0.1) is 11.4 Å². The lowest BCUT2D eigenvalue weighted by Gasteiger charge is -1.99. The first-order valence-electron chi connectivity index (χ1n) is 6.53. The van der Waals surface area contributed by atoms with Crippen molar-refractivity contribution in [1.82, 2.24) is 0 Å². The number of aryl methyl sites for hydroxylation is 2. The molecule has 0 unspecified atom stereocenters. The molecule has 0 atom stereocenters. The van der Waals surface area contributed by atoms with Crippen LogP contribution in [0.15, 0.2) is 58.8 Å². The van der Waals surface area contributed by atoms with Gasteiger partial charge in [0.2, 0.25) is 0 Å². The summed E-state index contributed by atoms with van der Waals surface area (Å²) in [5.41, 5.74) is 4.38. The maximum Gasteiger partial charge on any atom is 0.0857 e. The minimum absolute atomic E-state index is 0.882. The van der Waals surface area contributed by atoms with Crippen molar-refractivity contribution in [3.05, 3.63) is 59.7 Å². The summed E-state index contributed by atoms with van der Waals surface area (Å²) in [6.45, 7) is 0. The molecule has 4 heteroatoms. The summed E-state index contributed by atoms with van der Waals surface area (Å²) in [6, 6.07) is 16.4. The van der Waals surface area contributed by atoms with Gasteiger partial charge in [0, 0.05) is 10.7 Å². The molecule has 0 spiro atoms. The maximum absolute atomic E-state index is 4.26. The molecule has 0 amide bonds. The SMILES string of the molecule is BrCCc1ccc(N=Nc2ccc(CCBr)cc2)cc1. The third kappa shape index (κ3) is 4.84. The molecule has 0 aromatic heterocycles. The van der Waals surface area contributed by atoms with Crippen molar-refractivity contribution in [3.63, 3.8) is 0 Å². The van der Waals surface area contributed by atoms with Crippen LogP contribution in [0.2, 0.25) is 0 Å². The molecule has 0 N–H and O–H groups in total. The lowest BCUT2D eigenvalue weighted by molar-refractivity contribution is 1.15. The maximum atomic E-state index is 4.26. The summed E-state index contributed by atoms with van der Waals surface area (Å²) < 4.78 is 0. The predicted octanol–water partition coefficient (Wildman–Crippen LogP) is 5.98. The standard InChI is InChI=1S/C16H16Br2N2/c17-11-9-13-1-5-15(6-2-13)19-20-16-7-3-14(4-8-16)10-12-18/h1-8H,9-12H2. The quantitative estimate of drug-likeness (QED) is 0.424. The molecule has 2 nitrogen and oxygen atoms in total. The highest BCUT2D eigenvalue weighted by Gasteiger charge is 1.95. The van der Waals surface area contributed by atoms with Crippen LogP contribution < -0.4 is 0 Å². The van der Waals surface area contributed by atoms with Gasteiger partial charge in [-0.05, 0) is 48.2 Å². The summed E-state index contributed by atoms with van der Waals surface area (Å²) in [6.07, 6.45) is 2.07. The molecule has 0 saturated carbocycles. The summed E-state index contributed by atoms with van der Waals surface area (Å²) in [5.74, 6) is 0. The molecule has 2 aromatic carbocycles. The molecule has 0 bridgehead atoms. The second kappa shape index (κ2) is 8.32. The van der Waals surface area contributed by atoms with Crippen LogP contribution in [-0.2, 0) is 12.8 Å². The highest BCUT2D eigenvalue weighted by Crippen LogP contribution is 2.19. The lowest BCUT2D eigenvalue weighted by Crippen LogP contribution is -1.83. The van der Waals surface area contributed by atoms with Gasteiger partial charge in [0.1, 0.15) is 0 Å². The van der Waals surface area contributed by atoms with Crippen molar-refractivity contribution in [1.29, 1.82) is 0 Å². The van der Waals surface area contributed by atoms with E-state index in [-0.39, 0.29) is 0 Å². The minimum atomic E-state index is 0.882. The zero-order chi connectivity index (χ0) is 14.2. The highest BCUT2D eigenvalue weighted by atomic mass is 79.9. The number of hydrogen-bond acceptors (Lipinski definition) is 2. The normalized spacial score (nSPS) is 11.1. The number of alkyl halides is 2. The Bertz CT molecular complexity index is 496. The van der Waals surface area contributed by atoms with E-state index in [1.807, 2.05) is 24.3 Å². The lowest BCUT2D eigenvalue weighted by atomic mass is 10.1. The molecular formula is C16H16Br2N2. The van der Waals surface area contributed by atoms with Gasteiger partial charge in [-0.1, -0.05) is 56.1 Å². The van der Waals surface area contributed by atoms with Gasteiger partial charge in [-0.25, -0.2) is 0 Å². The fraction of sp³-hybridized carbons (Fsp3) is 0.250. The first kappa shape index (κ1) is 15.4. The Labute approximate surface area is 136 Å². The molecule has 2 aromatic rings. The zero-order valence-electron chi connectivity index (χ0n) is 11.1. The van der Waals surface area contributed by atoms with E-state index in [9.17, 15) is 0 Å². The van der Waals surface area contributed by atoms with E-state index in [4.69, 9.17) is 0 Å². The van der Waals surface area contributed by atoms with Gasteiger partial charge < -0.3 is 0 Å². The summed E-state index contributed by atoms with van der Waals surface area (Å²) in [5, 5.41) is 10.5. The largest absolute Gasteiger partial charge is 0.151 e. The second-order valence-corrected chi connectivity index (χ2v) is 6.00. The van der Waals surface area contributed by atoms with Crippen LogP contribution >= 0.6 is 31.9 Å². The molecule has 0 radical (unpaired) electrons. The van der Waals surface area contributed by atoms with E-state index in [0.717, 1.165) is 34.9 Å². The van der Waals surface area contributed by atoms with Crippen LogP contribution in [0.4, 0.5) is 11.4 Å². The molecule has 0 aliphatic rings. The smallest absolute Gasteiger partial charge is 0.0857 e. The molecular weight excluding hydrogens is 380 g/mol. The van der Waals surface area contributed by atoms with Crippen LogP contribution in [0, 0.1) is 0 Å². The van der Waals surface area contributed by atoms with Crippen molar-refractivity contribution in [2.75, 3.05) is 10.7 Å². The number of nitrogens with zero attached hydrogens (tertiary/aromatic N) is 2. The number of benzene rings is 2. The average Bonchev–Trinajstić information content (AvgIpc) is 2.49. The zero-order valence-corrected chi connectivity index (χ0v) is 14.3. The molecule has 104 valence electrons. The van der Waals surface area contributed by atoms with Crippen molar-refractivity contribution in [2.24, 2.45) is 10.2 Å². The molecule has 0 aliphatic carbocycles. The van der Waals surface area contributed by atoms with Crippen LogP contribution in [0.25, 0.3) is 0 Å². The van der Waals surface area contributed by atoms with E-state index >= 15 is 0 Å². The molecule has 0 saturated heterocycles. The number of rotatable bonds is 6. The number of hydrogen-bond donors (Lipinski definition) is 0. The van der Waals surface area contributed by atoms with Gasteiger partial charge in [0.15, 0.2) is 0 Å². The van der Waals surface area contributed by atoms with Crippen LogP contribution in [0.5, 0.6) is 0 Å². The van der Waals surface area contributed by atoms with Crippen LogP contribution in [0.1, 0.15) is 11.1 Å². The second-order valence-electron chi connectivity index (χ2n) is 4.41. The van der Waals surface area contributed by atoms with Crippen LogP contribution in [0.3, 0.4) is 0 Å². The Kier molecular flexibility index (Phi) is 6.40. The van der Waals surface area contributed by atoms with E-state index in [2.05, 4.69) is 66.4 Å². The Morgan fingerprint density at radius 1 is 0.600 bits per heavy atom. The molecule has 0 fully saturated rings. The van der Waals surface area contributed by atoms with E-state index in [0.29, 0.717) is 0 Å². The molecule has 0 aliphatic heterocycles. The van der Waals surface area contributed by atoms with Gasteiger partial charge in [-0.3, -0.25) is 0 Å². The third-order valence-electron chi connectivity index (χ3n) is 2.92. The van der Waals surface area contributed by atoms with Crippen molar-refractivity contribution < 1.29 is 0 Å². The summed E-state index contributed by atoms with van der Waals surface area (Å²) in [4.78, 5) is 0. The summed E-state index contributed by atoms with van der Waals surface area (Å²) >= 11 is 6.88. The van der Waals surface area contributed by atoms with Crippen molar-refractivity contribution in [2.45, 2.75) is 12.8 Å². The third-order valence-corrected chi connectivity index (χ3v) is 3.71.